The molecule has 196 valence electrons. The number of likely N-dealkylation sites (N-methyl/N-ethyl adjacent to an activating group) is 1. The summed E-state index contributed by atoms with van der Waals surface area (Å²) in [6.07, 6.45) is 6.58. The van der Waals surface area contributed by atoms with Crippen molar-refractivity contribution in [2.75, 3.05) is 45.7 Å². The summed E-state index contributed by atoms with van der Waals surface area (Å²) < 4.78 is 13.8. The van der Waals surface area contributed by atoms with E-state index in [2.05, 4.69) is 42.7 Å². The molecule has 4 heterocycles. The summed E-state index contributed by atoms with van der Waals surface area (Å²) in [6, 6.07) is 13.7. The van der Waals surface area contributed by atoms with Crippen LogP contribution >= 0.6 is 0 Å². The Morgan fingerprint density at radius 3 is 2.87 bits per heavy atom. The smallest absolute Gasteiger partial charge is 0.140 e. The molecule has 0 unspecified atom stereocenters. The maximum atomic E-state index is 7.51. The summed E-state index contributed by atoms with van der Waals surface area (Å²) in [7, 11) is 3.81. The van der Waals surface area contributed by atoms with Crippen molar-refractivity contribution in [3.63, 3.8) is 0 Å². The van der Waals surface area contributed by atoms with Crippen LogP contribution in [0.2, 0.25) is 0 Å². The second kappa shape index (κ2) is 11.8. The highest BCUT2D eigenvalue weighted by Crippen LogP contribution is 2.23. The van der Waals surface area contributed by atoms with Crippen LogP contribution in [0.1, 0.15) is 11.1 Å². The van der Waals surface area contributed by atoms with Gasteiger partial charge in [-0.25, -0.2) is 15.0 Å². The van der Waals surface area contributed by atoms with E-state index in [4.69, 9.17) is 14.9 Å². The number of aromatic nitrogens is 4. The number of hydrogen-bond donors (Lipinski definition) is 3. The molecule has 1 aromatic carbocycles. The Morgan fingerprint density at radius 2 is 2.08 bits per heavy atom. The van der Waals surface area contributed by atoms with Gasteiger partial charge in [-0.05, 0) is 18.7 Å². The van der Waals surface area contributed by atoms with E-state index >= 15 is 0 Å². The first-order valence-electron chi connectivity index (χ1n) is 12.4. The van der Waals surface area contributed by atoms with Crippen LogP contribution in [0.5, 0.6) is 5.75 Å². The number of nitrogens with one attached hydrogen (secondary N) is 3. The van der Waals surface area contributed by atoms with Crippen molar-refractivity contribution in [2.24, 2.45) is 5.10 Å². The highest BCUT2D eigenvalue weighted by atomic mass is 16.5. The van der Waals surface area contributed by atoms with Crippen molar-refractivity contribution < 1.29 is 9.47 Å². The van der Waals surface area contributed by atoms with E-state index in [1.54, 1.807) is 19.6 Å². The number of fused-ring (bicyclic) bond motifs is 1. The Balaban J connectivity index is 1.24. The minimum atomic E-state index is 0.0663. The fourth-order valence-electron chi connectivity index (χ4n) is 4.28. The SMILES string of the molecule is CN/N=C(\C=N)c1ccc(CNc2cc(-c3cnc4cc(OC[C@H]5CN(C)CCO5)ccn34)ncn2)cc1. The van der Waals surface area contributed by atoms with Crippen LogP contribution < -0.4 is 15.5 Å². The van der Waals surface area contributed by atoms with Crippen LogP contribution in [0.4, 0.5) is 5.82 Å². The molecule has 0 aliphatic carbocycles. The number of ether oxygens (including phenoxy) is 2. The maximum Gasteiger partial charge on any atom is 0.140 e. The number of hydrogen-bond acceptors (Lipinski definition) is 10. The van der Waals surface area contributed by atoms with E-state index in [1.807, 2.05) is 53.1 Å². The molecule has 4 aromatic rings. The molecule has 0 radical (unpaired) electrons. The van der Waals surface area contributed by atoms with Crippen molar-refractivity contribution in [3.8, 4) is 17.1 Å². The van der Waals surface area contributed by atoms with E-state index in [-0.39, 0.29) is 6.10 Å². The van der Waals surface area contributed by atoms with Crippen molar-refractivity contribution in [1.29, 1.82) is 5.41 Å². The fraction of sp³-hybridized carbons (Fsp3) is 0.296. The number of anilines is 1. The molecule has 3 N–H and O–H groups in total. The van der Waals surface area contributed by atoms with E-state index in [1.165, 1.54) is 6.21 Å². The summed E-state index contributed by atoms with van der Waals surface area (Å²) in [6.45, 7) is 3.64. The Bertz CT molecular complexity index is 1420. The van der Waals surface area contributed by atoms with Gasteiger partial charge in [-0.2, -0.15) is 5.10 Å². The van der Waals surface area contributed by atoms with E-state index in [0.29, 0.717) is 24.7 Å². The topological polar surface area (TPSA) is 125 Å². The summed E-state index contributed by atoms with van der Waals surface area (Å²) in [4.78, 5) is 15.6. The van der Waals surface area contributed by atoms with Gasteiger partial charge < -0.3 is 30.5 Å². The molecular weight excluding hydrogens is 482 g/mol. The maximum absolute atomic E-state index is 7.51. The van der Waals surface area contributed by atoms with Gasteiger partial charge in [0, 0.05) is 56.8 Å². The predicted octanol–water partition coefficient (Wildman–Crippen LogP) is 2.69. The number of imidazole rings is 1. The van der Waals surface area contributed by atoms with Gasteiger partial charge in [0.2, 0.25) is 0 Å². The fourth-order valence-corrected chi connectivity index (χ4v) is 4.28. The molecule has 0 amide bonds. The second-order valence-electron chi connectivity index (χ2n) is 9.00. The molecule has 5 rings (SSSR count). The van der Waals surface area contributed by atoms with Gasteiger partial charge in [-0.1, -0.05) is 24.3 Å². The first kappa shape index (κ1) is 25.3. The zero-order chi connectivity index (χ0) is 26.3. The van der Waals surface area contributed by atoms with Crippen LogP contribution in [0.25, 0.3) is 17.0 Å². The van der Waals surface area contributed by atoms with Crippen LogP contribution in [0, 0.1) is 5.41 Å². The molecule has 1 fully saturated rings. The molecule has 3 aromatic heterocycles. The number of pyridine rings is 1. The lowest BCUT2D eigenvalue weighted by atomic mass is 10.1. The molecule has 1 atom stereocenters. The van der Waals surface area contributed by atoms with Gasteiger partial charge in [0.1, 0.15) is 42.0 Å². The van der Waals surface area contributed by atoms with Gasteiger partial charge in [0.15, 0.2) is 0 Å². The summed E-state index contributed by atoms with van der Waals surface area (Å²) in [5, 5.41) is 15.0. The predicted molar refractivity (Wildman–Crippen MR) is 147 cm³/mol. The minimum absolute atomic E-state index is 0.0663. The molecule has 1 aliphatic heterocycles. The Morgan fingerprint density at radius 1 is 1.21 bits per heavy atom. The number of hydrazone groups is 1. The van der Waals surface area contributed by atoms with Gasteiger partial charge in [-0.15, -0.1) is 0 Å². The second-order valence-corrected chi connectivity index (χ2v) is 9.00. The van der Waals surface area contributed by atoms with Crippen molar-refractivity contribution in [1.82, 2.24) is 29.7 Å². The average molecular weight is 514 g/mol. The van der Waals surface area contributed by atoms with Crippen LogP contribution in [0.3, 0.4) is 0 Å². The lowest BCUT2D eigenvalue weighted by Crippen LogP contribution is -2.42. The molecule has 0 bridgehead atoms. The number of nitrogens with zero attached hydrogens (tertiary/aromatic N) is 6. The zero-order valence-electron chi connectivity index (χ0n) is 21.5. The largest absolute Gasteiger partial charge is 0.491 e. The number of rotatable bonds is 10. The van der Waals surface area contributed by atoms with Crippen molar-refractivity contribution in [3.05, 3.63) is 72.3 Å². The van der Waals surface area contributed by atoms with E-state index < -0.39 is 0 Å². The van der Waals surface area contributed by atoms with Gasteiger partial charge >= 0.3 is 0 Å². The zero-order valence-corrected chi connectivity index (χ0v) is 21.5. The summed E-state index contributed by atoms with van der Waals surface area (Å²) in [5.41, 5.74) is 7.65. The average Bonchev–Trinajstić information content (AvgIpc) is 3.38. The van der Waals surface area contributed by atoms with E-state index in [9.17, 15) is 0 Å². The quantitative estimate of drug-likeness (QED) is 0.218. The third-order valence-corrected chi connectivity index (χ3v) is 6.28. The van der Waals surface area contributed by atoms with Gasteiger partial charge in [0.05, 0.1) is 24.2 Å². The van der Waals surface area contributed by atoms with Crippen LogP contribution in [-0.4, -0.2) is 82.7 Å². The molecule has 1 saturated heterocycles. The first-order valence-corrected chi connectivity index (χ1v) is 12.4. The Labute approximate surface area is 221 Å². The number of benzene rings is 1. The molecule has 1 aliphatic rings. The monoisotopic (exact) mass is 513 g/mol. The van der Waals surface area contributed by atoms with Crippen LogP contribution in [-0.2, 0) is 11.3 Å². The summed E-state index contributed by atoms with van der Waals surface area (Å²) in [5.74, 6) is 1.47. The number of morpholine rings is 1. The third-order valence-electron chi connectivity index (χ3n) is 6.28. The minimum Gasteiger partial charge on any atom is -0.491 e. The highest BCUT2D eigenvalue weighted by molar-refractivity contribution is 6.37. The molecular formula is C27H31N9O2. The first-order chi connectivity index (χ1) is 18.6. The van der Waals surface area contributed by atoms with Gasteiger partial charge in [-0.3, -0.25) is 4.40 Å². The normalized spacial score (nSPS) is 16.4. The summed E-state index contributed by atoms with van der Waals surface area (Å²) >= 11 is 0. The van der Waals surface area contributed by atoms with Gasteiger partial charge in [0.25, 0.3) is 0 Å². The molecule has 11 heteroatoms. The highest BCUT2D eigenvalue weighted by Gasteiger charge is 2.18. The van der Waals surface area contributed by atoms with Crippen molar-refractivity contribution >= 4 is 23.4 Å². The van der Waals surface area contributed by atoms with Crippen LogP contribution in [0.15, 0.2) is 66.3 Å². The Hall–Kier alpha value is -4.35. The van der Waals surface area contributed by atoms with Crippen molar-refractivity contribution in [2.45, 2.75) is 12.6 Å². The lowest BCUT2D eigenvalue weighted by Gasteiger charge is -2.29. The Kier molecular flexibility index (Phi) is 7.86. The lowest BCUT2D eigenvalue weighted by molar-refractivity contribution is -0.0403. The third kappa shape index (κ3) is 5.96. The molecule has 0 spiro atoms. The standard InChI is InChI=1S/C27H31N9O2/c1-29-34-24(13-28)20-5-3-19(4-6-20)14-30-26-12-23(32-18-33-26)25-15-31-27-11-21(7-8-36(25)27)38-17-22-16-35(2)9-10-37-22/h3-8,11-13,15,18,22,28-29H,9-10,14,16-17H2,1-2H3,(H,30,32,33)/b28-13?,34-24+/t22-/m1/s1. The molecule has 38 heavy (non-hydrogen) atoms. The molecule has 11 nitrogen and oxygen atoms in total. The molecule has 0 saturated carbocycles. The van der Waals surface area contributed by atoms with E-state index in [0.717, 1.165) is 53.6 Å².